The Morgan fingerprint density at radius 1 is 0.673 bits per heavy atom. The number of aliphatic hydroxyl groups is 9. The highest BCUT2D eigenvalue weighted by atomic mass is 16.7. The van der Waals surface area contributed by atoms with E-state index < -0.39 is 86.1 Å². The van der Waals surface area contributed by atoms with Gasteiger partial charge in [-0.05, 0) is 109 Å². The molecule has 2 heterocycles. The third-order valence-electron chi connectivity index (χ3n) is 17.6. The molecule has 2 saturated heterocycles. The zero-order valence-corrected chi connectivity index (χ0v) is 33.7. The Kier molecular flexibility index (Phi) is 11.4. The van der Waals surface area contributed by atoms with Gasteiger partial charge in [0.05, 0.1) is 32.5 Å². The fourth-order valence-electron chi connectivity index (χ4n) is 13.6. The van der Waals surface area contributed by atoms with Crippen LogP contribution in [0, 0.1) is 50.2 Å². The summed E-state index contributed by atoms with van der Waals surface area (Å²) < 4.78 is 24.1. The summed E-state index contributed by atoms with van der Waals surface area (Å²) in [6, 6.07) is 0. The van der Waals surface area contributed by atoms with Crippen LogP contribution in [0.5, 0.6) is 0 Å². The number of ether oxygens (including phenoxy) is 4. The molecule has 0 radical (unpaired) electrons. The van der Waals surface area contributed by atoms with Crippen molar-refractivity contribution >= 4 is 0 Å². The summed E-state index contributed by atoms with van der Waals surface area (Å²) in [6.45, 7) is 13.4. The minimum atomic E-state index is -1.53. The topological polar surface area (TPSA) is 219 Å². The van der Waals surface area contributed by atoms with Crippen LogP contribution in [0.2, 0.25) is 0 Å². The predicted octanol–water partition coefficient (Wildman–Crippen LogP) is 1.76. The molecule has 0 aromatic rings. The summed E-state index contributed by atoms with van der Waals surface area (Å²) in [4.78, 5) is 0. The van der Waals surface area contributed by atoms with E-state index in [1.807, 2.05) is 0 Å². The van der Waals surface area contributed by atoms with Crippen LogP contribution in [0.25, 0.3) is 0 Å². The van der Waals surface area contributed by atoms with Gasteiger partial charge in [-0.2, -0.15) is 0 Å². The molecule has 55 heavy (non-hydrogen) atoms. The molecule has 6 fully saturated rings. The number of rotatable bonds is 8. The molecule has 7 aliphatic rings. The molecule has 0 aromatic heterocycles. The molecule has 0 amide bonds. The van der Waals surface area contributed by atoms with E-state index in [2.05, 4.69) is 47.6 Å². The molecule has 13 heteroatoms. The average molecular weight is 783 g/mol. The molecule has 0 aromatic carbocycles. The van der Waals surface area contributed by atoms with Crippen LogP contribution in [0.1, 0.15) is 106 Å². The molecule has 9 N–H and O–H groups in total. The number of aliphatic hydroxyl groups excluding tert-OH is 9. The van der Waals surface area contributed by atoms with Gasteiger partial charge in [-0.3, -0.25) is 0 Å². The lowest BCUT2D eigenvalue weighted by molar-refractivity contribution is -0.333. The van der Waals surface area contributed by atoms with E-state index >= 15 is 0 Å². The summed E-state index contributed by atoms with van der Waals surface area (Å²) in [5.41, 5.74) is 0.695. The maximum absolute atomic E-state index is 11.2. The van der Waals surface area contributed by atoms with Gasteiger partial charge in [0.15, 0.2) is 12.6 Å². The van der Waals surface area contributed by atoms with Crippen LogP contribution in [0.3, 0.4) is 0 Å². The fourth-order valence-corrected chi connectivity index (χ4v) is 13.6. The molecule has 20 atom stereocenters. The van der Waals surface area contributed by atoms with E-state index in [0.717, 1.165) is 57.8 Å². The van der Waals surface area contributed by atoms with Gasteiger partial charge in [-0.1, -0.05) is 53.2 Å². The van der Waals surface area contributed by atoms with E-state index in [4.69, 9.17) is 18.9 Å². The van der Waals surface area contributed by atoms with Crippen molar-refractivity contribution in [3.8, 4) is 0 Å². The van der Waals surface area contributed by atoms with Gasteiger partial charge < -0.3 is 64.9 Å². The second-order valence-corrected chi connectivity index (χ2v) is 20.5. The van der Waals surface area contributed by atoms with Crippen LogP contribution in [-0.2, 0) is 18.9 Å². The van der Waals surface area contributed by atoms with Crippen LogP contribution in [0.15, 0.2) is 11.6 Å². The highest BCUT2D eigenvalue weighted by Gasteiger charge is 2.69. The van der Waals surface area contributed by atoms with Crippen LogP contribution >= 0.6 is 0 Å². The number of hydrogen-bond acceptors (Lipinski definition) is 13. The Morgan fingerprint density at radius 3 is 1.89 bits per heavy atom. The summed E-state index contributed by atoms with van der Waals surface area (Å²) in [5.74, 6) is 0.828. The van der Waals surface area contributed by atoms with E-state index in [-0.39, 0.29) is 39.6 Å². The zero-order valence-electron chi connectivity index (χ0n) is 33.7. The quantitative estimate of drug-likeness (QED) is 0.127. The standard InChI is InChI=1S/C42H70O13/c1-37(21-52-35-33(50)31(48)29(46)24(18-43)53-35)13-14-38(2)15-16-41(5)22(23(38)17-37)7-8-27-39(3)11-10-28(40(4,20-45)26(39)9-12-42(27,41)6)55-36-34(51)32(49)30(47)25(19-44)54-36/h7,23-36,43-51H,8-21H2,1-6H3. The third kappa shape index (κ3) is 6.44. The number of fused-ring (bicyclic) bond motifs is 7. The molecule has 316 valence electrons. The van der Waals surface area contributed by atoms with Crippen LogP contribution in [-0.4, -0.2) is 140 Å². The van der Waals surface area contributed by atoms with E-state index in [0.29, 0.717) is 24.9 Å². The van der Waals surface area contributed by atoms with Crippen molar-refractivity contribution in [2.75, 3.05) is 26.4 Å². The first-order valence-electron chi connectivity index (χ1n) is 21.0. The van der Waals surface area contributed by atoms with Gasteiger partial charge in [0.25, 0.3) is 0 Å². The number of allylic oxidation sites excluding steroid dienone is 2. The first-order valence-corrected chi connectivity index (χ1v) is 21.0. The third-order valence-corrected chi connectivity index (χ3v) is 17.6. The van der Waals surface area contributed by atoms with Crippen molar-refractivity contribution in [2.45, 2.75) is 173 Å². The van der Waals surface area contributed by atoms with Gasteiger partial charge >= 0.3 is 0 Å². The molecule has 5 aliphatic carbocycles. The predicted molar refractivity (Wildman–Crippen MR) is 199 cm³/mol. The lowest BCUT2D eigenvalue weighted by Crippen LogP contribution is -2.66. The summed E-state index contributed by atoms with van der Waals surface area (Å²) >= 11 is 0. The Morgan fingerprint density at radius 2 is 1.27 bits per heavy atom. The maximum atomic E-state index is 11.2. The summed E-state index contributed by atoms with van der Waals surface area (Å²) in [5, 5.41) is 93.5. The molecule has 0 spiro atoms. The lowest BCUT2D eigenvalue weighted by Gasteiger charge is -2.71. The van der Waals surface area contributed by atoms with Crippen molar-refractivity contribution < 1.29 is 64.9 Å². The van der Waals surface area contributed by atoms with Crippen LogP contribution in [0.4, 0.5) is 0 Å². The normalized spacial score (nSPS) is 56.7. The van der Waals surface area contributed by atoms with E-state index in [9.17, 15) is 46.0 Å². The second kappa shape index (κ2) is 14.7. The Balaban J connectivity index is 1.11. The molecule has 0 bridgehead atoms. The van der Waals surface area contributed by atoms with Gasteiger partial charge in [0.1, 0.15) is 48.8 Å². The molecule has 13 nitrogen and oxygen atoms in total. The summed E-state index contributed by atoms with van der Waals surface area (Å²) in [6.07, 6.45) is -1.70. The zero-order chi connectivity index (χ0) is 40.1. The molecule has 20 unspecified atom stereocenters. The van der Waals surface area contributed by atoms with Crippen molar-refractivity contribution in [2.24, 2.45) is 50.2 Å². The van der Waals surface area contributed by atoms with Gasteiger partial charge in [0.2, 0.25) is 0 Å². The van der Waals surface area contributed by atoms with E-state index in [1.54, 1.807) is 5.57 Å². The largest absolute Gasteiger partial charge is 0.396 e. The molecule has 4 saturated carbocycles. The average Bonchev–Trinajstić information content (AvgIpc) is 3.16. The first-order chi connectivity index (χ1) is 25.8. The maximum Gasteiger partial charge on any atom is 0.186 e. The molecular formula is C42H70O13. The Hall–Kier alpha value is -0.780. The van der Waals surface area contributed by atoms with Gasteiger partial charge in [0, 0.05) is 5.41 Å². The molecule has 2 aliphatic heterocycles. The second-order valence-electron chi connectivity index (χ2n) is 20.5. The van der Waals surface area contributed by atoms with Crippen LogP contribution < -0.4 is 0 Å². The van der Waals surface area contributed by atoms with Crippen molar-refractivity contribution in [3.05, 3.63) is 11.6 Å². The fraction of sp³-hybridized carbons (Fsp3) is 0.952. The molecule has 7 rings (SSSR count). The lowest BCUT2D eigenvalue weighted by atomic mass is 9.33. The van der Waals surface area contributed by atoms with Crippen molar-refractivity contribution in [1.82, 2.24) is 0 Å². The molecular weight excluding hydrogens is 712 g/mol. The highest BCUT2D eigenvalue weighted by molar-refractivity contribution is 5.33. The monoisotopic (exact) mass is 782 g/mol. The Labute approximate surface area is 326 Å². The number of hydrogen-bond donors (Lipinski definition) is 9. The minimum absolute atomic E-state index is 0.00562. The Bertz CT molecular complexity index is 1430. The van der Waals surface area contributed by atoms with Gasteiger partial charge in [-0.15, -0.1) is 0 Å². The van der Waals surface area contributed by atoms with Crippen molar-refractivity contribution in [3.63, 3.8) is 0 Å². The summed E-state index contributed by atoms with van der Waals surface area (Å²) in [7, 11) is 0. The van der Waals surface area contributed by atoms with Crippen molar-refractivity contribution in [1.29, 1.82) is 0 Å². The van der Waals surface area contributed by atoms with E-state index in [1.165, 1.54) is 0 Å². The highest BCUT2D eigenvalue weighted by Crippen LogP contribution is 2.76. The SMILES string of the molecule is CC1(COC2OC(CO)C(O)C(O)C2O)CCC2(C)CCC3(C)C(=CCC4C5(C)CCC(OC6OC(CO)C(O)C(O)C6O)C(C)(CO)C5CCC43C)C2C1. The smallest absolute Gasteiger partial charge is 0.186 e. The first kappa shape index (κ1) is 42.3. The van der Waals surface area contributed by atoms with Gasteiger partial charge in [-0.25, -0.2) is 0 Å². The minimum Gasteiger partial charge on any atom is -0.396 e.